The van der Waals surface area contributed by atoms with E-state index in [1.54, 1.807) is 35.9 Å². The van der Waals surface area contributed by atoms with Gasteiger partial charge in [0.1, 0.15) is 24.2 Å². The van der Waals surface area contributed by atoms with E-state index in [1.165, 1.54) is 7.11 Å². The number of aromatic nitrogens is 2. The summed E-state index contributed by atoms with van der Waals surface area (Å²) in [5, 5.41) is 16.2. The first kappa shape index (κ1) is 19.5. The zero-order chi connectivity index (χ0) is 19.1. The highest BCUT2D eigenvalue weighted by molar-refractivity contribution is 5.76. The van der Waals surface area contributed by atoms with Gasteiger partial charge in [0.25, 0.3) is 0 Å². The molecule has 0 aliphatic rings. The second-order valence-electron chi connectivity index (χ2n) is 5.77. The molecule has 0 aliphatic heterocycles. The van der Waals surface area contributed by atoms with Crippen molar-refractivity contribution in [3.63, 3.8) is 0 Å². The van der Waals surface area contributed by atoms with E-state index < -0.39 is 0 Å². The molecule has 1 amide bonds. The van der Waals surface area contributed by atoms with E-state index in [1.807, 2.05) is 13.8 Å². The summed E-state index contributed by atoms with van der Waals surface area (Å²) >= 11 is 0. The van der Waals surface area contributed by atoms with Crippen LogP contribution in [0.15, 0.2) is 24.3 Å². The first-order valence-electron chi connectivity index (χ1n) is 8.61. The number of rotatable bonds is 8. The van der Waals surface area contributed by atoms with Crippen molar-refractivity contribution in [2.24, 2.45) is 0 Å². The van der Waals surface area contributed by atoms with Crippen LogP contribution in [0, 0.1) is 11.3 Å². The number of hydrogen-bond acceptors (Lipinski definition) is 5. The summed E-state index contributed by atoms with van der Waals surface area (Å²) in [5.74, 6) is 1.13. The molecule has 0 saturated carbocycles. The molecule has 0 radical (unpaired) electrons. The van der Waals surface area contributed by atoms with Crippen molar-refractivity contribution in [2.75, 3.05) is 7.11 Å². The van der Waals surface area contributed by atoms with Gasteiger partial charge >= 0.3 is 0 Å². The lowest BCUT2D eigenvalue weighted by Crippen LogP contribution is -2.36. The van der Waals surface area contributed by atoms with Crippen molar-refractivity contribution in [2.45, 2.75) is 46.4 Å². The fourth-order valence-corrected chi connectivity index (χ4v) is 2.54. The Kier molecular flexibility index (Phi) is 6.75. The molecule has 7 heteroatoms. The first-order chi connectivity index (χ1) is 12.5. The average Bonchev–Trinajstić information content (AvgIpc) is 2.98. The smallest absolute Gasteiger partial charge is 0.243 e. The second kappa shape index (κ2) is 9.02. The topological polar surface area (TPSA) is 89.2 Å². The summed E-state index contributed by atoms with van der Waals surface area (Å²) in [6.45, 7) is 5.85. The van der Waals surface area contributed by atoms with E-state index in [9.17, 15) is 4.79 Å². The summed E-state index contributed by atoms with van der Waals surface area (Å²) in [7, 11) is 1.54. The molecule has 0 aliphatic carbocycles. The van der Waals surface area contributed by atoms with Gasteiger partial charge in [-0.2, -0.15) is 10.4 Å². The Morgan fingerprint density at radius 2 is 2.00 bits per heavy atom. The molecule has 0 spiro atoms. The number of methoxy groups -OCH3 is 1. The molecule has 0 saturated heterocycles. The molecule has 1 aromatic carbocycles. The summed E-state index contributed by atoms with van der Waals surface area (Å²) in [5.41, 5.74) is 2.22. The number of nitrogens with zero attached hydrogens (tertiary/aromatic N) is 3. The standard InChI is InChI=1S/C19H24N4O3/c1-5-16-19(26-15-9-7-14(11-20)8-10-15)17(6-2)23(22-16)12-18(24)21-13(3)25-4/h7-10,13H,5-6,12H2,1-4H3,(H,21,24). The van der Waals surface area contributed by atoms with E-state index in [4.69, 9.17) is 14.7 Å². The van der Waals surface area contributed by atoms with Gasteiger partial charge in [-0.15, -0.1) is 0 Å². The average molecular weight is 356 g/mol. The van der Waals surface area contributed by atoms with Crippen LogP contribution in [0.25, 0.3) is 0 Å². The van der Waals surface area contributed by atoms with Gasteiger partial charge < -0.3 is 14.8 Å². The number of benzene rings is 1. The monoisotopic (exact) mass is 356 g/mol. The third-order valence-electron chi connectivity index (χ3n) is 3.96. The Morgan fingerprint density at radius 3 is 2.54 bits per heavy atom. The molecule has 1 unspecified atom stereocenters. The number of ether oxygens (including phenoxy) is 2. The number of carbonyl (C=O) groups is 1. The van der Waals surface area contributed by atoms with Gasteiger partial charge in [0, 0.05) is 7.11 Å². The predicted octanol–water partition coefficient (Wildman–Crippen LogP) is 2.78. The predicted molar refractivity (Wildman–Crippen MR) is 96.8 cm³/mol. The number of hydrogen-bond donors (Lipinski definition) is 1. The molecule has 2 aromatic rings. The van der Waals surface area contributed by atoms with Crippen molar-refractivity contribution in [1.29, 1.82) is 5.26 Å². The minimum absolute atomic E-state index is 0.0978. The SMILES string of the molecule is CCc1nn(CC(=O)NC(C)OC)c(CC)c1Oc1ccc(C#N)cc1. The van der Waals surface area contributed by atoms with Crippen LogP contribution in [0.4, 0.5) is 0 Å². The summed E-state index contributed by atoms with van der Waals surface area (Å²) in [6, 6.07) is 9.00. The largest absolute Gasteiger partial charge is 0.453 e. The number of amides is 1. The first-order valence-corrected chi connectivity index (χ1v) is 8.61. The van der Waals surface area contributed by atoms with Crippen LogP contribution < -0.4 is 10.1 Å². The lowest BCUT2D eigenvalue weighted by Gasteiger charge is -2.13. The van der Waals surface area contributed by atoms with E-state index in [-0.39, 0.29) is 18.7 Å². The number of nitrogens with one attached hydrogen (secondary N) is 1. The molecular formula is C19H24N4O3. The molecule has 138 valence electrons. The molecule has 2 rings (SSSR count). The Bertz CT molecular complexity index is 790. The fourth-order valence-electron chi connectivity index (χ4n) is 2.54. The van der Waals surface area contributed by atoms with Crippen molar-refractivity contribution >= 4 is 5.91 Å². The maximum Gasteiger partial charge on any atom is 0.243 e. The zero-order valence-corrected chi connectivity index (χ0v) is 15.6. The molecule has 0 bridgehead atoms. The van der Waals surface area contributed by atoms with E-state index in [0.29, 0.717) is 29.9 Å². The lowest BCUT2D eigenvalue weighted by atomic mass is 10.2. The van der Waals surface area contributed by atoms with Gasteiger partial charge in [0.05, 0.1) is 17.3 Å². The van der Waals surface area contributed by atoms with Crippen molar-refractivity contribution < 1.29 is 14.3 Å². The van der Waals surface area contributed by atoms with Crippen LogP contribution in [0.3, 0.4) is 0 Å². The molecule has 1 atom stereocenters. The molecule has 26 heavy (non-hydrogen) atoms. The number of carbonyl (C=O) groups excluding carboxylic acids is 1. The van der Waals surface area contributed by atoms with E-state index in [0.717, 1.165) is 11.4 Å². The number of aryl methyl sites for hydroxylation is 1. The lowest BCUT2D eigenvalue weighted by molar-refractivity contribution is -0.125. The molecule has 0 fully saturated rings. The highest BCUT2D eigenvalue weighted by atomic mass is 16.5. The molecule has 1 aromatic heterocycles. The van der Waals surface area contributed by atoms with Gasteiger partial charge in [0.15, 0.2) is 5.75 Å². The van der Waals surface area contributed by atoms with Gasteiger partial charge in [-0.25, -0.2) is 0 Å². The summed E-state index contributed by atoms with van der Waals surface area (Å²) in [4.78, 5) is 12.2. The highest BCUT2D eigenvalue weighted by Gasteiger charge is 2.20. The van der Waals surface area contributed by atoms with Gasteiger partial charge in [0.2, 0.25) is 5.91 Å². The Morgan fingerprint density at radius 1 is 1.31 bits per heavy atom. The Labute approximate surface area is 153 Å². The van der Waals surface area contributed by atoms with Gasteiger partial charge in [-0.05, 0) is 44.0 Å². The van der Waals surface area contributed by atoms with Crippen molar-refractivity contribution in [3.05, 3.63) is 41.2 Å². The minimum Gasteiger partial charge on any atom is -0.453 e. The zero-order valence-electron chi connectivity index (χ0n) is 15.6. The fraction of sp³-hybridized carbons (Fsp3) is 0.421. The summed E-state index contributed by atoms with van der Waals surface area (Å²) < 4.78 is 12.8. The normalized spacial score (nSPS) is 11.7. The van der Waals surface area contributed by atoms with Crippen LogP contribution in [-0.4, -0.2) is 29.0 Å². The van der Waals surface area contributed by atoms with Crippen LogP contribution in [0.5, 0.6) is 11.5 Å². The van der Waals surface area contributed by atoms with Gasteiger partial charge in [-0.1, -0.05) is 13.8 Å². The Balaban J connectivity index is 2.26. The Hall–Kier alpha value is -2.85. The highest BCUT2D eigenvalue weighted by Crippen LogP contribution is 2.30. The van der Waals surface area contributed by atoms with Crippen molar-refractivity contribution in [1.82, 2.24) is 15.1 Å². The van der Waals surface area contributed by atoms with Crippen molar-refractivity contribution in [3.8, 4) is 17.6 Å². The second-order valence-corrected chi connectivity index (χ2v) is 5.77. The quantitative estimate of drug-likeness (QED) is 0.735. The van der Waals surface area contributed by atoms with Crippen LogP contribution in [-0.2, 0) is 28.9 Å². The summed E-state index contributed by atoms with van der Waals surface area (Å²) in [6.07, 6.45) is 0.996. The minimum atomic E-state index is -0.358. The van der Waals surface area contributed by atoms with E-state index in [2.05, 4.69) is 16.5 Å². The third-order valence-corrected chi connectivity index (χ3v) is 3.96. The van der Waals surface area contributed by atoms with Crippen LogP contribution in [0.1, 0.15) is 37.7 Å². The molecule has 7 nitrogen and oxygen atoms in total. The molecular weight excluding hydrogens is 332 g/mol. The van der Waals surface area contributed by atoms with Gasteiger partial charge in [-0.3, -0.25) is 9.48 Å². The molecule has 1 heterocycles. The van der Waals surface area contributed by atoms with Crippen LogP contribution in [0.2, 0.25) is 0 Å². The number of nitriles is 1. The van der Waals surface area contributed by atoms with E-state index >= 15 is 0 Å². The molecule has 1 N–H and O–H groups in total. The van der Waals surface area contributed by atoms with Crippen LogP contribution >= 0.6 is 0 Å². The third kappa shape index (κ3) is 4.61. The maximum atomic E-state index is 12.2. The maximum absolute atomic E-state index is 12.2.